The van der Waals surface area contributed by atoms with Gasteiger partial charge >= 0.3 is 0 Å². The lowest BCUT2D eigenvalue weighted by molar-refractivity contribution is 0.196. The highest BCUT2D eigenvalue weighted by Gasteiger charge is 2.26. The van der Waals surface area contributed by atoms with Gasteiger partial charge in [0, 0.05) is 26.2 Å². The average molecular weight is 377 g/mol. The van der Waals surface area contributed by atoms with Crippen LogP contribution in [0.15, 0.2) is 36.5 Å². The summed E-state index contributed by atoms with van der Waals surface area (Å²) < 4.78 is 3.96. The number of fused-ring (bicyclic) bond motifs is 2. The van der Waals surface area contributed by atoms with E-state index in [-0.39, 0.29) is 0 Å². The zero-order valence-electron chi connectivity index (χ0n) is 16.1. The highest BCUT2D eigenvalue weighted by Crippen LogP contribution is 2.27. The molecule has 28 heavy (non-hydrogen) atoms. The molecule has 0 saturated carbocycles. The summed E-state index contributed by atoms with van der Waals surface area (Å²) in [4.78, 5) is 4.43. The summed E-state index contributed by atoms with van der Waals surface area (Å²) in [5, 5.41) is 22.1. The summed E-state index contributed by atoms with van der Waals surface area (Å²) in [6, 6.07) is 9.92. The predicted molar refractivity (Wildman–Crippen MR) is 105 cm³/mol. The van der Waals surface area contributed by atoms with Crippen molar-refractivity contribution in [2.45, 2.75) is 25.3 Å². The largest absolute Gasteiger partial charge is 0.361 e. The molecule has 0 atom stereocenters. The first-order chi connectivity index (χ1) is 13.7. The van der Waals surface area contributed by atoms with Crippen LogP contribution >= 0.6 is 0 Å². The van der Waals surface area contributed by atoms with Gasteiger partial charge in [-0.3, -0.25) is 9.30 Å². The third kappa shape index (κ3) is 2.97. The summed E-state index contributed by atoms with van der Waals surface area (Å²) in [6.45, 7) is 2.80. The Morgan fingerprint density at radius 1 is 0.964 bits per heavy atom. The van der Waals surface area contributed by atoms with Gasteiger partial charge in [0.2, 0.25) is 0 Å². The topological polar surface area (TPSA) is 79.8 Å². The van der Waals surface area contributed by atoms with Crippen molar-refractivity contribution in [3.63, 3.8) is 0 Å². The molecule has 5 heterocycles. The molecular formula is C19H23N9. The molecule has 9 nitrogen and oxygen atoms in total. The molecule has 1 fully saturated rings. The molecule has 1 saturated heterocycles. The lowest BCUT2D eigenvalue weighted by Gasteiger charge is -2.30. The first kappa shape index (κ1) is 17.1. The maximum absolute atomic E-state index is 4.71. The standard InChI is InChI=1S/C19H23N9/c1-25(2)17-7-6-16-21-23-19(28(16)24-17)14-8-11-26(12-9-14)13-18-22-20-15-5-3-4-10-27(15)18/h3-7,10,14H,8-9,11-13H2,1-2H3. The Morgan fingerprint density at radius 3 is 2.61 bits per heavy atom. The summed E-state index contributed by atoms with van der Waals surface area (Å²) in [5.74, 6) is 3.22. The molecule has 4 aromatic heterocycles. The van der Waals surface area contributed by atoms with Gasteiger partial charge in [-0.05, 0) is 50.2 Å². The number of rotatable bonds is 4. The van der Waals surface area contributed by atoms with Gasteiger partial charge in [0.05, 0.1) is 6.54 Å². The van der Waals surface area contributed by atoms with E-state index in [0.717, 1.165) is 61.2 Å². The first-order valence-corrected chi connectivity index (χ1v) is 9.60. The minimum absolute atomic E-state index is 0.367. The maximum Gasteiger partial charge on any atom is 0.178 e. The van der Waals surface area contributed by atoms with Crippen molar-refractivity contribution in [2.24, 2.45) is 0 Å². The van der Waals surface area contributed by atoms with Crippen LogP contribution in [0.1, 0.15) is 30.4 Å². The fourth-order valence-electron chi connectivity index (χ4n) is 3.84. The number of likely N-dealkylation sites (tertiary alicyclic amines) is 1. The molecule has 1 aliphatic rings. The normalized spacial score (nSPS) is 16.2. The van der Waals surface area contributed by atoms with Crippen LogP contribution in [0.25, 0.3) is 11.3 Å². The third-order valence-electron chi connectivity index (χ3n) is 5.43. The van der Waals surface area contributed by atoms with E-state index in [0.29, 0.717) is 5.92 Å². The predicted octanol–water partition coefficient (Wildman–Crippen LogP) is 1.61. The number of hydrogen-bond donors (Lipinski definition) is 0. The SMILES string of the molecule is CN(C)c1ccc2nnc(C3CCN(Cc4nnc5ccccn45)CC3)n2n1. The summed E-state index contributed by atoms with van der Waals surface area (Å²) >= 11 is 0. The zero-order chi connectivity index (χ0) is 19.1. The van der Waals surface area contributed by atoms with Gasteiger partial charge in [-0.25, -0.2) is 0 Å². The number of hydrogen-bond acceptors (Lipinski definition) is 7. The van der Waals surface area contributed by atoms with Gasteiger partial charge < -0.3 is 4.90 Å². The number of piperidine rings is 1. The number of anilines is 1. The van der Waals surface area contributed by atoms with E-state index in [2.05, 4.69) is 29.7 Å². The molecule has 0 spiro atoms. The summed E-state index contributed by atoms with van der Waals surface area (Å²) in [6.07, 6.45) is 4.09. The fraction of sp³-hybridized carbons (Fsp3) is 0.421. The molecule has 0 radical (unpaired) electrons. The van der Waals surface area contributed by atoms with E-state index in [9.17, 15) is 0 Å². The Labute approximate surface area is 162 Å². The fourth-order valence-corrected chi connectivity index (χ4v) is 3.84. The minimum Gasteiger partial charge on any atom is -0.361 e. The Morgan fingerprint density at radius 2 is 1.79 bits per heavy atom. The van der Waals surface area contributed by atoms with Crippen molar-refractivity contribution in [3.8, 4) is 0 Å². The zero-order valence-corrected chi connectivity index (χ0v) is 16.1. The summed E-state index contributed by atoms with van der Waals surface area (Å²) in [7, 11) is 3.98. The number of aromatic nitrogens is 7. The number of nitrogens with zero attached hydrogens (tertiary/aromatic N) is 9. The van der Waals surface area contributed by atoms with Gasteiger partial charge in [-0.15, -0.1) is 25.5 Å². The molecule has 0 aromatic carbocycles. The van der Waals surface area contributed by atoms with Gasteiger partial charge in [0.25, 0.3) is 0 Å². The lowest BCUT2D eigenvalue weighted by atomic mass is 9.96. The van der Waals surface area contributed by atoms with Crippen LogP contribution in [0.5, 0.6) is 0 Å². The van der Waals surface area contributed by atoms with Crippen molar-refractivity contribution in [1.82, 2.24) is 39.3 Å². The van der Waals surface area contributed by atoms with E-state index in [1.54, 1.807) is 0 Å². The molecule has 0 bridgehead atoms. The van der Waals surface area contributed by atoms with Crippen LogP contribution in [-0.4, -0.2) is 66.5 Å². The smallest absolute Gasteiger partial charge is 0.178 e. The minimum atomic E-state index is 0.367. The second-order valence-electron chi connectivity index (χ2n) is 7.51. The van der Waals surface area contributed by atoms with Crippen LogP contribution in [-0.2, 0) is 6.54 Å². The van der Waals surface area contributed by atoms with Crippen molar-refractivity contribution in [2.75, 3.05) is 32.1 Å². The molecular weight excluding hydrogens is 354 g/mol. The average Bonchev–Trinajstić information content (AvgIpc) is 3.33. The Bertz CT molecular complexity index is 1100. The molecule has 4 aromatic rings. The monoisotopic (exact) mass is 377 g/mol. The Hall–Kier alpha value is -3.07. The van der Waals surface area contributed by atoms with E-state index in [4.69, 9.17) is 5.10 Å². The Kier molecular flexibility index (Phi) is 4.16. The Balaban J connectivity index is 1.31. The van der Waals surface area contributed by atoms with Crippen LogP contribution in [0.3, 0.4) is 0 Å². The molecule has 144 valence electrons. The summed E-state index contributed by atoms with van der Waals surface area (Å²) in [5.41, 5.74) is 1.70. The van der Waals surface area contributed by atoms with Crippen molar-refractivity contribution < 1.29 is 0 Å². The van der Waals surface area contributed by atoms with Crippen molar-refractivity contribution in [1.29, 1.82) is 0 Å². The molecule has 9 heteroatoms. The molecule has 5 rings (SSSR count). The second-order valence-corrected chi connectivity index (χ2v) is 7.51. The van der Waals surface area contributed by atoms with E-state index in [1.165, 1.54) is 0 Å². The van der Waals surface area contributed by atoms with Crippen molar-refractivity contribution in [3.05, 3.63) is 48.2 Å². The third-order valence-corrected chi connectivity index (χ3v) is 5.43. The highest BCUT2D eigenvalue weighted by atomic mass is 15.4. The number of pyridine rings is 1. The molecule has 0 N–H and O–H groups in total. The second kappa shape index (κ2) is 6.83. The van der Waals surface area contributed by atoms with E-state index in [1.807, 2.05) is 60.0 Å². The van der Waals surface area contributed by atoms with E-state index < -0.39 is 0 Å². The quantitative estimate of drug-likeness (QED) is 0.534. The van der Waals surface area contributed by atoms with Gasteiger partial charge in [-0.2, -0.15) is 4.52 Å². The molecule has 0 unspecified atom stereocenters. The van der Waals surface area contributed by atoms with Crippen LogP contribution < -0.4 is 4.90 Å². The van der Waals surface area contributed by atoms with Crippen LogP contribution in [0, 0.1) is 0 Å². The van der Waals surface area contributed by atoms with Crippen LogP contribution in [0.2, 0.25) is 0 Å². The van der Waals surface area contributed by atoms with Gasteiger partial charge in [0.1, 0.15) is 5.82 Å². The van der Waals surface area contributed by atoms with Gasteiger partial charge in [0.15, 0.2) is 22.9 Å². The lowest BCUT2D eigenvalue weighted by Crippen LogP contribution is -2.33. The van der Waals surface area contributed by atoms with Crippen LogP contribution in [0.4, 0.5) is 5.82 Å². The molecule has 0 aliphatic carbocycles. The van der Waals surface area contributed by atoms with E-state index >= 15 is 0 Å². The highest BCUT2D eigenvalue weighted by molar-refractivity contribution is 5.45. The maximum atomic E-state index is 4.71. The first-order valence-electron chi connectivity index (χ1n) is 9.60. The van der Waals surface area contributed by atoms with Crippen molar-refractivity contribution >= 4 is 17.1 Å². The molecule has 0 amide bonds. The molecule has 1 aliphatic heterocycles. The van der Waals surface area contributed by atoms with Gasteiger partial charge in [-0.1, -0.05) is 6.07 Å².